The summed E-state index contributed by atoms with van der Waals surface area (Å²) in [5.74, 6) is 2.40. The molecule has 0 amide bonds. The number of fused-ring (bicyclic) bond motifs is 1. The lowest BCUT2D eigenvalue weighted by Crippen LogP contribution is -2.41. The molecule has 8 nitrogen and oxygen atoms in total. The largest absolute Gasteiger partial charge is 0.353 e. The zero-order chi connectivity index (χ0) is 18.3. The van der Waals surface area contributed by atoms with Crippen LogP contribution in [-0.2, 0) is 25.8 Å². The molecule has 0 aliphatic carbocycles. The number of hydrogen-bond donors (Lipinski definition) is 1. The molecule has 9 heteroatoms. The van der Waals surface area contributed by atoms with Crippen LogP contribution in [-0.4, -0.2) is 37.7 Å². The molecule has 138 valence electrons. The van der Waals surface area contributed by atoms with Gasteiger partial charge in [-0.05, 0) is 24.2 Å². The average molecular weight is 375 g/mol. The molecule has 1 saturated heterocycles. The van der Waals surface area contributed by atoms with Crippen molar-refractivity contribution in [2.45, 2.75) is 37.6 Å². The van der Waals surface area contributed by atoms with Crippen LogP contribution in [0.2, 0.25) is 0 Å². The minimum absolute atomic E-state index is 0.0268. The topological polar surface area (TPSA) is 93.0 Å². The zero-order valence-corrected chi connectivity index (χ0v) is 15.4. The van der Waals surface area contributed by atoms with Crippen LogP contribution in [0.25, 0.3) is 0 Å². The molecule has 2 aliphatic rings. The van der Waals surface area contributed by atoms with E-state index in [0.717, 1.165) is 53.1 Å². The Morgan fingerprint density at radius 3 is 2.92 bits per heavy atom. The van der Waals surface area contributed by atoms with Gasteiger partial charge in [0.2, 0.25) is 0 Å². The molecule has 2 aromatic rings. The normalized spacial score (nSPS) is 19.6. The van der Waals surface area contributed by atoms with Crippen molar-refractivity contribution in [2.75, 3.05) is 17.2 Å². The Balaban J connectivity index is 1.63. The highest BCUT2D eigenvalue weighted by molar-refractivity contribution is 7.98. The Kier molecular flexibility index (Phi) is 4.47. The van der Waals surface area contributed by atoms with Gasteiger partial charge in [0.15, 0.2) is 0 Å². The number of thioether (sulfide) groups is 1. The Morgan fingerprint density at radius 2 is 2.12 bits per heavy atom. The van der Waals surface area contributed by atoms with Gasteiger partial charge in [0.1, 0.15) is 5.82 Å². The van der Waals surface area contributed by atoms with Crippen LogP contribution in [0.3, 0.4) is 0 Å². The third-order valence-corrected chi connectivity index (χ3v) is 6.11. The second-order valence-corrected chi connectivity index (χ2v) is 7.89. The highest BCUT2D eigenvalue weighted by Crippen LogP contribution is 2.24. The summed E-state index contributed by atoms with van der Waals surface area (Å²) in [4.78, 5) is 41.1. The van der Waals surface area contributed by atoms with E-state index in [1.165, 1.54) is 17.8 Å². The van der Waals surface area contributed by atoms with Gasteiger partial charge in [-0.25, -0.2) is 9.48 Å². The van der Waals surface area contributed by atoms with Crippen LogP contribution in [0.4, 0.5) is 5.82 Å². The van der Waals surface area contributed by atoms with Gasteiger partial charge >= 0.3 is 5.69 Å². The average Bonchev–Trinajstić information content (AvgIpc) is 3.08. The molecule has 0 radical (unpaired) electrons. The molecule has 1 atom stereocenters. The van der Waals surface area contributed by atoms with Crippen molar-refractivity contribution in [3.8, 4) is 0 Å². The predicted molar refractivity (Wildman–Crippen MR) is 101 cm³/mol. The van der Waals surface area contributed by atoms with Crippen LogP contribution in [0.5, 0.6) is 0 Å². The van der Waals surface area contributed by atoms with Crippen LogP contribution < -0.4 is 21.7 Å². The Bertz CT molecular complexity index is 977. The van der Waals surface area contributed by atoms with E-state index in [2.05, 4.69) is 10.1 Å². The van der Waals surface area contributed by atoms with E-state index in [1.807, 2.05) is 16.7 Å². The van der Waals surface area contributed by atoms with Crippen LogP contribution in [0.15, 0.2) is 26.5 Å². The predicted octanol–water partition coefficient (Wildman–Crippen LogP) is 0.0886. The zero-order valence-electron chi connectivity index (χ0n) is 14.6. The van der Waals surface area contributed by atoms with E-state index in [1.54, 1.807) is 6.07 Å². The molecular formula is C17H21N5O3S. The quantitative estimate of drug-likeness (QED) is 0.817. The number of hydrogen-bond acceptors (Lipinski definition) is 6. The summed E-state index contributed by atoms with van der Waals surface area (Å²) < 4.78 is 2.58. The van der Waals surface area contributed by atoms with Gasteiger partial charge in [0, 0.05) is 37.9 Å². The van der Waals surface area contributed by atoms with Gasteiger partial charge in [0.05, 0.1) is 18.3 Å². The monoisotopic (exact) mass is 375 g/mol. The molecule has 2 aliphatic heterocycles. The molecule has 26 heavy (non-hydrogen) atoms. The molecule has 0 bridgehead atoms. The van der Waals surface area contributed by atoms with Gasteiger partial charge in [-0.2, -0.15) is 16.9 Å². The number of H-pyrrole nitrogens is 1. The summed E-state index contributed by atoms with van der Waals surface area (Å²) in [6.45, 7) is 1.20. The third-order valence-electron chi connectivity index (χ3n) is 5.11. The number of nitrogens with one attached hydrogen (secondary N) is 1. The van der Waals surface area contributed by atoms with Crippen molar-refractivity contribution in [3.63, 3.8) is 0 Å². The van der Waals surface area contributed by atoms with Gasteiger partial charge in [-0.3, -0.25) is 19.1 Å². The number of aryl methyl sites for hydroxylation is 1. The van der Waals surface area contributed by atoms with E-state index in [9.17, 15) is 14.4 Å². The molecule has 0 aromatic carbocycles. The molecule has 1 unspecified atom stereocenters. The van der Waals surface area contributed by atoms with Crippen molar-refractivity contribution in [1.29, 1.82) is 0 Å². The minimum atomic E-state index is -0.431. The van der Waals surface area contributed by atoms with Crippen molar-refractivity contribution in [3.05, 3.63) is 54.6 Å². The maximum Gasteiger partial charge on any atom is 0.329 e. The van der Waals surface area contributed by atoms with Crippen LogP contribution in [0, 0.1) is 0 Å². The Morgan fingerprint density at radius 1 is 1.27 bits per heavy atom. The first-order valence-corrected chi connectivity index (χ1v) is 9.93. The van der Waals surface area contributed by atoms with Crippen molar-refractivity contribution in [2.24, 2.45) is 7.05 Å². The van der Waals surface area contributed by atoms with Crippen molar-refractivity contribution >= 4 is 17.6 Å². The Hall–Kier alpha value is -2.29. The summed E-state index contributed by atoms with van der Waals surface area (Å²) in [6.07, 6.45) is 2.72. The SMILES string of the molecule is Cn1c(=O)cc(N2CCCC2Cn2nc3c(cc2=O)CSCC3)[nH]c1=O. The fourth-order valence-electron chi connectivity index (χ4n) is 3.62. The number of rotatable bonds is 3. The van der Waals surface area contributed by atoms with E-state index in [4.69, 9.17) is 0 Å². The third kappa shape index (κ3) is 3.11. The lowest BCUT2D eigenvalue weighted by Gasteiger charge is -2.26. The van der Waals surface area contributed by atoms with Gasteiger partial charge in [-0.15, -0.1) is 0 Å². The van der Waals surface area contributed by atoms with Crippen LogP contribution in [0.1, 0.15) is 24.1 Å². The highest BCUT2D eigenvalue weighted by Gasteiger charge is 2.27. The van der Waals surface area contributed by atoms with Gasteiger partial charge in [0.25, 0.3) is 11.1 Å². The molecule has 0 spiro atoms. The standard InChI is InChI=1S/C17H21N5O3S/c1-20-15(23)8-14(18-17(20)25)21-5-2-3-12(21)9-22-16(24)7-11-10-26-6-4-13(11)19-22/h7-8,12H,2-6,9-10H2,1H3,(H,18,25). The van der Waals surface area contributed by atoms with Gasteiger partial charge in [-0.1, -0.05) is 0 Å². The van der Waals surface area contributed by atoms with E-state index >= 15 is 0 Å². The van der Waals surface area contributed by atoms with E-state index in [0.29, 0.717) is 12.4 Å². The first-order valence-electron chi connectivity index (χ1n) is 8.77. The van der Waals surface area contributed by atoms with Crippen molar-refractivity contribution < 1.29 is 0 Å². The molecule has 4 heterocycles. The first kappa shape index (κ1) is 17.1. The summed E-state index contributed by atoms with van der Waals surface area (Å²) in [7, 11) is 1.45. The van der Waals surface area contributed by atoms with E-state index in [-0.39, 0.29) is 17.2 Å². The summed E-state index contributed by atoms with van der Waals surface area (Å²) in [5.41, 5.74) is 1.20. The lowest BCUT2D eigenvalue weighted by atomic mass is 10.2. The fourth-order valence-corrected chi connectivity index (χ4v) is 4.58. The maximum atomic E-state index is 12.4. The summed E-state index contributed by atoms with van der Waals surface area (Å²) >= 11 is 1.82. The van der Waals surface area contributed by atoms with Crippen LogP contribution >= 0.6 is 11.8 Å². The number of aromatic amines is 1. The van der Waals surface area contributed by atoms with Crippen molar-refractivity contribution in [1.82, 2.24) is 19.3 Å². The first-order chi connectivity index (χ1) is 12.5. The lowest BCUT2D eigenvalue weighted by molar-refractivity contribution is 0.479. The second kappa shape index (κ2) is 6.79. The molecule has 1 fully saturated rings. The molecular weight excluding hydrogens is 354 g/mol. The minimum Gasteiger partial charge on any atom is -0.353 e. The number of nitrogens with zero attached hydrogens (tertiary/aromatic N) is 4. The van der Waals surface area contributed by atoms with E-state index < -0.39 is 5.69 Å². The smallest absolute Gasteiger partial charge is 0.329 e. The molecule has 2 aromatic heterocycles. The Labute approximate surface area is 153 Å². The highest BCUT2D eigenvalue weighted by atomic mass is 32.2. The fraction of sp³-hybridized carbons (Fsp3) is 0.529. The second-order valence-electron chi connectivity index (χ2n) is 6.79. The number of aromatic nitrogens is 4. The molecule has 0 saturated carbocycles. The molecule has 1 N–H and O–H groups in total. The summed E-state index contributed by atoms with van der Waals surface area (Å²) in [5, 5.41) is 4.58. The van der Waals surface area contributed by atoms with Gasteiger partial charge < -0.3 is 4.90 Å². The summed E-state index contributed by atoms with van der Waals surface area (Å²) in [6, 6.07) is 3.17. The number of anilines is 1. The maximum absolute atomic E-state index is 12.4. The molecule has 4 rings (SSSR count).